The number of amides is 1. The highest BCUT2D eigenvalue weighted by Crippen LogP contribution is 2.24. The minimum Gasteiger partial charge on any atom is -0.326 e. The molecule has 1 amide bonds. The summed E-state index contributed by atoms with van der Waals surface area (Å²) in [6.45, 7) is 0. The first kappa shape index (κ1) is 8.63. The van der Waals surface area contributed by atoms with Crippen LogP contribution in [0, 0.1) is 0 Å². The third-order valence-corrected chi connectivity index (χ3v) is 2.45. The van der Waals surface area contributed by atoms with Gasteiger partial charge in [-0.25, -0.2) is 0 Å². The number of carbonyl (C=O) groups excluding carboxylic acids is 1. The molecule has 64 valence electrons. The Balaban J connectivity index is 2.49. The van der Waals surface area contributed by atoms with Crippen molar-refractivity contribution in [2.75, 3.05) is 5.32 Å². The van der Waals surface area contributed by atoms with E-state index in [-0.39, 0.29) is 5.91 Å². The lowest BCUT2D eigenvalue weighted by atomic mass is 9.91. The summed E-state index contributed by atoms with van der Waals surface area (Å²) in [7, 11) is 5.63. The molecule has 1 aliphatic rings. The molecule has 0 aromatic heterocycles. The summed E-state index contributed by atoms with van der Waals surface area (Å²) < 4.78 is 0. The molecule has 0 saturated carbocycles. The van der Waals surface area contributed by atoms with Gasteiger partial charge in [0.05, 0.1) is 0 Å². The molecule has 0 spiro atoms. The summed E-state index contributed by atoms with van der Waals surface area (Å²) in [6, 6.07) is 3.51. The normalized spacial score (nSPS) is 15.0. The van der Waals surface area contributed by atoms with E-state index >= 15 is 0 Å². The number of anilines is 1. The second kappa shape index (κ2) is 3.07. The largest absolute Gasteiger partial charge is 0.326 e. The van der Waals surface area contributed by atoms with Gasteiger partial charge in [-0.3, -0.25) is 4.79 Å². The summed E-state index contributed by atoms with van der Waals surface area (Å²) in [6.07, 6.45) is 1.26. The van der Waals surface area contributed by atoms with Crippen LogP contribution in [0.5, 0.6) is 0 Å². The Hall–Kier alpha value is -0.955. The van der Waals surface area contributed by atoms with Crippen LogP contribution in [0.3, 0.4) is 0 Å². The minimum absolute atomic E-state index is 0.0355. The third kappa shape index (κ3) is 1.56. The van der Waals surface area contributed by atoms with Crippen LogP contribution in [0.4, 0.5) is 5.69 Å². The molecule has 1 aliphatic heterocycles. The lowest BCUT2D eigenvalue weighted by Crippen LogP contribution is -2.21. The number of halogens is 1. The molecule has 2 radical (unpaired) electrons. The van der Waals surface area contributed by atoms with Crippen LogP contribution in [-0.4, -0.2) is 13.8 Å². The van der Waals surface area contributed by atoms with Gasteiger partial charge >= 0.3 is 0 Å². The summed E-state index contributed by atoms with van der Waals surface area (Å²) in [5, 5.41) is 3.24. The van der Waals surface area contributed by atoms with E-state index in [9.17, 15) is 4.79 Å². The van der Waals surface area contributed by atoms with Crippen LogP contribution >= 0.6 is 11.6 Å². The van der Waals surface area contributed by atoms with Crippen molar-refractivity contribution in [1.29, 1.82) is 0 Å². The molecule has 0 unspecified atom stereocenters. The average Bonchev–Trinajstić information content (AvgIpc) is 2.08. The number of hydrogen-bond donors (Lipinski definition) is 1. The first-order valence-corrected chi connectivity index (χ1v) is 4.42. The van der Waals surface area contributed by atoms with E-state index in [1.54, 1.807) is 6.07 Å². The maximum atomic E-state index is 11.0. The molecule has 0 bridgehead atoms. The fraction of sp³-hybridized carbons (Fsp3) is 0.222. The van der Waals surface area contributed by atoms with Crippen molar-refractivity contribution >= 4 is 36.5 Å². The Morgan fingerprint density at radius 3 is 2.92 bits per heavy atom. The molecule has 1 aromatic rings. The molecule has 13 heavy (non-hydrogen) atoms. The van der Waals surface area contributed by atoms with E-state index in [0.29, 0.717) is 16.9 Å². The van der Waals surface area contributed by atoms with Crippen LogP contribution in [0.2, 0.25) is 5.02 Å². The molecule has 2 nitrogen and oxygen atoms in total. The molecule has 4 heteroatoms. The summed E-state index contributed by atoms with van der Waals surface area (Å²) >= 11 is 5.82. The monoisotopic (exact) mass is 191 g/mol. The van der Waals surface area contributed by atoms with Crippen LogP contribution in [0.25, 0.3) is 0 Å². The lowest BCUT2D eigenvalue weighted by Gasteiger charge is -2.17. The van der Waals surface area contributed by atoms with Crippen LogP contribution < -0.4 is 10.8 Å². The van der Waals surface area contributed by atoms with Gasteiger partial charge < -0.3 is 5.32 Å². The van der Waals surface area contributed by atoms with Gasteiger partial charge in [-0.2, -0.15) is 0 Å². The smallest absolute Gasteiger partial charge is 0.224 e. The zero-order valence-electron chi connectivity index (χ0n) is 6.93. The molecule has 0 atom stereocenters. The van der Waals surface area contributed by atoms with Crippen molar-refractivity contribution in [3.63, 3.8) is 0 Å². The van der Waals surface area contributed by atoms with Gasteiger partial charge in [0, 0.05) is 17.1 Å². The van der Waals surface area contributed by atoms with Crippen molar-refractivity contribution < 1.29 is 4.79 Å². The first-order valence-electron chi connectivity index (χ1n) is 4.04. The topological polar surface area (TPSA) is 29.1 Å². The fourth-order valence-electron chi connectivity index (χ4n) is 1.42. The van der Waals surface area contributed by atoms with E-state index in [1.165, 1.54) is 0 Å². The molecule has 1 aromatic carbocycles. The summed E-state index contributed by atoms with van der Waals surface area (Å²) in [5.41, 5.74) is 2.41. The molecule has 2 rings (SSSR count). The molecule has 1 heterocycles. The maximum absolute atomic E-state index is 11.0. The van der Waals surface area contributed by atoms with Crippen molar-refractivity contribution in [2.45, 2.75) is 12.8 Å². The fourth-order valence-corrected chi connectivity index (χ4v) is 1.58. The second-order valence-corrected chi connectivity index (χ2v) is 3.49. The summed E-state index contributed by atoms with van der Waals surface area (Å²) in [5.74, 6) is 0.0355. The van der Waals surface area contributed by atoms with E-state index in [1.807, 2.05) is 6.07 Å². The van der Waals surface area contributed by atoms with E-state index < -0.39 is 0 Å². The predicted molar refractivity (Wildman–Crippen MR) is 53.8 cm³/mol. The van der Waals surface area contributed by atoms with Gasteiger partial charge in [-0.1, -0.05) is 23.1 Å². The second-order valence-electron chi connectivity index (χ2n) is 3.08. The molecular weight excluding hydrogens is 184 g/mol. The molecule has 0 saturated heterocycles. The third-order valence-electron chi connectivity index (χ3n) is 2.12. The van der Waals surface area contributed by atoms with Crippen molar-refractivity contribution in [2.24, 2.45) is 0 Å². The first-order chi connectivity index (χ1) is 6.16. The highest BCUT2D eigenvalue weighted by Gasteiger charge is 2.15. The van der Waals surface area contributed by atoms with Crippen molar-refractivity contribution in [1.82, 2.24) is 0 Å². The number of carbonyl (C=O) groups is 1. The van der Waals surface area contributed by atoms with Gasteiger partial charge in [-0.05, 0) is 18.1 Å². The maximum Gasteiger partial charge on any atom is 0.224 e. The predicted octanol–water partition coefficient (Wildman–Crippen LogP) is 1.02. The zero-order valence-corrected chi connectivity index (χ0v) is 7.69. The Morgan fingerprint density at radius 1 is 1.38 bits per heavy atom. The lowest BCUT2D eigenvalue weighted by molar-refractivity contribution is -0.116. The van der Waals surface area contributed by atoms with E-state index in [0.717, 1.165) is 17.7 Å². The number of fused-ring (bicyclic) bond motifs is 1. The average molecular weight is 191 g/mol. The van der Waals surface area contributed by atoms with Crippen LogP contribution in [0.15, 0.2) is 12.1 Å². The number of aryl methyl sites for hydroxylation is 1. The number of rotatable bonds is 0. The van der Waals surface area contributed by atoms with Gasteiger partial charge in [0.15, 0.2) is 0 Å². The zero-order chi connectivity index (χ0) is 9.42. The summed E-state index contributed by atoms with van der Waals surface area (Å²) in [4.78, 5) is 11.0. The van der Waals surface area contributed by atoms with Gasteiger partial charge in [-0.15, -0.1) is 0 Å². The van der Waals surface area contributed by atoms with Crippen LogP contribution in [0.1, 0.15) is 12.0 Å². The molecule has 0 aliphatic carbocycles. The minimum atomic E-state index is 0.0355. The Bertz CT molecular complexity index is 378. The Labute approximate surface area is 82.7 Å². The van der Waals surface area contributed by atoms with E-state index in [4.69, 9.17) is 19.4 Å². The highest BCUT2D eigenvalue weighted by atomic mass is 35.5. The van der Waals surface area contributed by atoms with E-state index in [2.05, 4.69) is 5.32 Å². The molecular formula is C9H7BClNO. The standard InChI is InChI=1S/C9H7BClNO/c10-6-3-5-1-2-9(13)12-8(5)4-7(6)11/h3-4H,1-2H2,(H,12,13). The quantitative estimate of drug-likeness (QED) is 0.610. The number of benzene rings is 1. The SMILES string of the molecule is [B]c1cc2c(cc1Cl)NC(=O)CC2. The highest BCUT2D eigenvalue weighted by molar-refractivity contribution is 6.45. The van der Waals surface area contributed by atoms with Gasteiger partial charge in [0.1, 0.15) is 7.85 Å². The van der Waals surface area contributed by atoms with Crippen molar-refractivity contribution in [3.8, 4) is 0 Å². The Morgan fingerprint density at radius 2 is 2.15 bits per heavy atom. The molecule has 1 N–H and O–H groups in total. The van der Waals surface area contributed by atoms with Crippen molar-refractivity contribution in [3.05, 3.63) is 22.7 Å². The number of nitrogens with one attached hydrogen (secondary N) is 1. The number of hydrogen-bond acceptors (Lipinski definition) is 1. The molecule has 0 fully saturated rings. The van der Waals surface area contributed by atoms with Crippen LogP contribution in [-0.2, 0) is 11.2 Å². The van der Waals surface area contributed by atoms with Gasteiger partial charge in [0.2, 0.25) is 5.91 Å². The van der Waals surface area contributed by atoms with Gasteiger partial charge in [0.25, 0.3) is 0 Å². The Kier molecular flexibility index (Phi) is 2.04.